The van der Waals surface area contributed by atoms with Crippen molar-refractivity contribution in [2.24, 2.45) is 5.73 Å². The van der Waals surface area contributed by atoms with Gasteiger partial charge in [0, 0.05) is 16.6 Å². The van der Waals surface area contributed by atoms with Crippen LogP contribution in [0.5, 0.6) is 0 Å². The summed E-state index contributed by atoms with van der Waals surface area (Å²) in [6, 6.07) is 3.90. The average molecular weight is 344 g/mol. The van der Waals surface area contributed by atoms with Gasteiger partial charge in [0.05, 0.1) is 12.6 Å². The first kappa shape index (κ1) is 15.1. The monoisotopic (exact) mass is 343 g/mol. The summed E-state index contributed by atoms with van der Waals surface area (Å²) in [4.78, 5) is 4.17. The fourth-order valence-corrected chi connectivity index (χ4v) is 2.07. The smallest absolute Gasteiger partial charge is 0.258 e. The molecule has 1 aromatic heterocycles. The minimum absolute atomic E-state index is 0.228. The van der Waals surface area contributed by atoms with E-state index in [1.54, 1.807) is 6.07 Å². The molecular weight excluding hydrogens is 329 g/mol. The number of nitrogens with zero attached hydrogens (tertiary/aromatic N) is 2. The second kappa shape index (κ2) is 6.92. The molecule has 108 valence electrons. The number of ether oxygens (including phenoxy) is 1. The molecule has 2 aromatic rings. The minimum Gasteiger partial charge on any atom is -0.379 e. The number of hydrogen-bond acceptors (Lipinski definition) is 5. The largest absolute Gasteiger partial charge is 0.379 e. The Bertz CT molecular complexity index is 556. The van der Waals surface area contributed by atoms with Crippen molar-refractivity contribution in [2.75, 3.05) is 13.2 Å². The van der Waals surface area contributed by atoms with E-state index in [1.807, 2.05) is 6.92 Å². The van der Waals surface area contributed by atoms with Gasteiger partial charge in [-0.15, -0.1) is 0 Å². The lowest BCUT2D eigenvalue weighted by atomic mass is 10.2. The van der Waals surface area contributed by atoms with Gasteiger partial charge in [-0.25, -0.2) is 4.39 Å². The van der Waals surface area contributed by atoms with Gasteiger partial charge in [0.25, 0.3) is 5.89 Å². The van der Waals surface area contributed by atoms with Gasteiger partial charge in [0.1, 0.15) is 5.82 Å². The van der Waals surface area contributed by atoms with Crippen LogP contribution in [0.2, 0.25) is 0 Å². The molecule has 0 bridgehead atoms. The third kappa shape index (κ3) is 3.84. The number of aromatic nitrogens is 2. The molecule has 0 spiro atoms. The zero-order chi connectivity index (χ0) is 14.5. The molecule has 0 aliphatic rings. The maximum Gasteiger partial charge on any atom is 0.258 e. The molecule has 7 heteroatoms. The van der Waals surface area contributed by atoms with Crippen LogP contribution in [-0.4, -0.2) is 23.4 Å². The molecule has 0 aliphatic heterocycles. The Kier molecular flexibility index (Phi) is 5.22. The molecule has 1 heterocycles. The van der Waals surface area contributed by atoms with E-state index in [-0.39, 0.29) is 11.7 Å². The molecular formula is C13H15BrFN3O2. The zero-order valence-electron chi connectivity index (χ0n) is 11.0. The zero-order valence-corrected chi connectivity index (χ0v) is 12.6. The van der Waals surface area contributed by atoms with Crippen LogP contribution in [0.3, 0.4) is 0 Å². The predicted octanol–water partition coefficient (Wildman–Crippen LogP) is 3.06. The second-order valence-corrected chi connectivity index (χ2v) is 5.21. The van der Waals surface area contributed by atoms with Crippen molar-refractivity contribution >= 4 is 15.9 Å². The topological polar surface area (TPSA) is 74.2 Å². The summed E-state index contributed by atoms with van der Waals surface area (Å²) in [6.45, 7) is 2.97. The Hall–Kier alpha value is -1.31. The van der Waals surface area contributed by atoms with Crippen molar-refractivity contribution < 1.29 is 13.7 Å². The van der Waals surface area contributed by atoms with E-state index in [4.69, 9.17) is 15.0 Å². The lowest BCUT2D eigenvalue weighted by Gasteiger charge is -2.06. The quantitative estimate of drug-likeness (QED) is 0.816. The Balaban J connectivity index is 2.11. The lowest BCUT2D eigenvalue weighted by Crippen LogP contribution is -2.18. The van der Waals surface area contributed by atoms with E-state index < -0.39 is 6.04 Å². The molecule has 0 aliphatic carbocycles. The number of rotatable bonds is 6. The van der Waals surface area contributed by atoms with Crippen molar-refractivity contribution in [3.05, 3.63) is 34.3 Å². The Morgan fingerprint density at radius 2 is 2.25 bits per heavy atom. The molecule has 20 heavy (non-hydrogen) atoms. The number of nitrogens with two attached hydrogens (primary N) is 1. The maximum atomic E-state index is 13.3. The van der Waals surface area contributed by atoms with E-state index in [1.165, 1.54) is 12.1 Å². The summed E-state index contributed by atoms with van der Waals surface area (Å²) >= 11 is 3.21. The van der Waals surface area contributed by atoms with Crippen molar-refractivity contribution in [1.82, 2.24) is 10.1 Å². The summed E-state index contributed by atoms with van der Waals surface area (Å²) < 4.78 is 24.4. The molecule has 0 saturated carbocycles. The van der Waals surface area contributed by atoms with Gasteiger partial charge in [-0.2, -0.15) is 4.98 Å². The highest BCUT2D eigenvalue weighted by Crippen LogP contribution is 2.24. The van der Waals surface area contributed by atoms with Crippen molar-refractivity contribution in [2.45, 2.75) is 19.4 Å². The third-order valence-electron chi connectivity index (χ3n) is 2.53. The van der Waals surface area contributed by atoms with Gasteiger partial charge in [-0.3, -0.25) is 0 Å². The SMILES string of the molecule is CCCOCC(N)c1noc(-c2cc(F)cc(Br)c2)n1. The molecule has 1 unspecified atom stereocenters. The van der Waals surface area contributed by atoms with Crippen LogP contribution < -0.4 is 5.73 Å². The fraction of sp³-hybridized carbons (Fsp3) is 0.385. The molecule has 1 aromatic carbocycles. The number of hydrogen-bond donors (Lipinski definition) is 1. The second-order valence-electron chi connectivity index (χ2n) is 4.30. The summed E-state index contributed by atoms with van der Waals surface area (Å²) in [6.07, 6.45) is 0.918. The molecule has 1 atom stereocenters. The first-order valence-electron chi connectivity index (χ1n) is 6.23. The molecule has 5 nitrogen and oxygen atoms in total. The van der Waals surface area contributed by atoms with E-state index >= 15 is 0 Å². The van der Waals surface area contributed by atoms with Crippen LogP contribution in [0.4, 0.5) is 4.39 Å². The van der Waals surface area contributed by atoms with E-state index in [0.717, 1.165) is 6.42 Å². The molecule has 2 rings (SSSR count). The van der Waals surface area contributed by atoms with E-state index in [0.29, 0.717) is 29.1 Å². The summed E-state index contributed by atoms with van der Waals surface area (Å²) in [5.41, 5.74) is 6.39. The first-order valence-corrected chi connectivity index (χ1v) is 7.03. The van der Waals surface area contributed by atoms with E-state index in [9.17, 15) is 4.39 Å². The highest BCUT2D eigenvalue weighted by molar-refractivity contribution is 9.10. The third-order valence-corrected chi connectivity index (χ3v) is 2.99. The maximum absolute atomic E-state index is 13.3. The van der Waals surface area contributed by atoms with Crippen molar-refractivity contribution in [3.8, 4) is 11.5 Å². The van der Waals surface area contributed by atoms with Gasteiger partial charge >= 0.3 is 0 Å². The van der Waals surface area contributed by atoms with Crippen LogP contribution in [0.1, 0.15) is 25.2 Å². The highest BCUT2D eigenvalue weighted by atomic mass is 79.9. The Morgan fingerprint density at radius 1 is 1.45 bits per heavy atom. The highest BCUT2D eigenvalue weighted by Gasteiger charge is 2.16. The van der Waals surface area contributed by atoms with Crippen LogP contribution in [-0.2, 0) is 4.74 Å². The van der Waals surface area contributed by atoms with Gasteiger partial charge in [-0.1, -0.05) is 28.0 Å². The number of halogens is 2. The molecule has 0 radical (unpaired) electrons. The molecule has 2 N–H and O–H groups in total. The standard InChI is InChI=1S/C13H15BrFN3O2/c1-2-3-19-7-11(16)12-17-13(20-18-12)8-4-9(14)6-10(15)5-8/h4-6,11H,2-3,7,16H2,1H3. The Labute approximate surface area is 124 Å². The summed E-state index contributed by atoms with van der Waals surface area (Å²) in [5, 5.41) is 3.80. The van der Waals surface area contributed by atoms with Crippen LogP contribution >= 0.6 is 15.9 Å². The average Bonchev–Trinajstić information content (AvgIpc) is 2.87. The summed E-state index contributed by atoms with van der Waals surface area (Å²) in [5.74, 6) is 0.187. The lowest BCUT2D eigenvalue weighted by molar-refractivity contribution is 0.119. The van der Waals surface area contributed by atoms with Gasteiger partial charge in [0.2, 0.25) is 0 Å². The van der Waals surface area contributed by atoms with Crippen molar-refractivity contribution in [1.29, 1.82) is 0 Å². The molecule has 0 fully saturated rings. The first-order chi connectivity index (χ1) is 9.60. The normalized spacial score (nSPS) is 12.6. The van der Waals surface area contributed by atoms with Gasteiger partial charge < -0.3 is 15.0 Å². The van der Waals surface area contributed by atoms with Gasteiger partial charge in [-0.05, 0) is 24.6 Å². The predicted molar refractivity (Wildman–Crippen MR) is 75.4 cm³/mol. The summed E-state index contributed by atoms with van der Waals surface area (Å²) in [7, 11) is 0. The minimum atomic E-state index is -0.462. The van der Waals surface area contributed by atoms with Crippen LogP contribution in [0.15, 0.2) is 27.2 Å². The van der Waals surface area contributed by atoms with Crippen LogP contribution in [0.25, 0.3) is 11.5 Å². The van der Waals surface area contributed by atoms with Gasteiger partial charge in [0.15, 0.2) is 5.82 Å². The fourth-order valence-electron chi connectivity index (χ4n) is 1.61. The molecule has 0 saturated heterocycles. The Morgan fingerprint density at radius 3 is 2.95 bits per heavy atom. The van der Waals surface area contributed by atoms with E-state index in [2.05, 4.69) is 26.1 Å². The van der Waals surface area contributed by atoms with Crippen LogP contribution in [0, 0.1) is 5.82 Å². The molecule has 0 amide bonds. The number of benzene rings is 1. The van der Waals surface area contributed by atoms with Crippen molar-refractivity contribution in [3.63, 3.8) is 0 Å².